The highest BCUT2D eigenvalue weighted by Crippen LogP contribution is 2.35. The van der Waals surface area contributed by atoms with Gasteiger partial charge in [-0.1, -0.05) is 81.8 Å². The second-order valence-electron chi connectivity index (χ2n) is 10.4. The monoisotopic (exact) mass is 482 g/mol. The van der Waals surface area contributed by atoms with E-state index in [1.807, 2.05) is 0 Å². The first kappa shape index (κ1) is 25.0. The molecular weight excluding hydrogens is 448 g/mol. The van der Waals surface area contributed by atoms with Crippen LogP contribution in [0.1, 0.15) is 67.3 Å². The molecule has 2 nitrogen and oxygen atoms in total. The topological polar surface area (TPSA) is 8.29 Å². The van der Waals surface area contributed by atoms with Crippen molar-refractivity contribution in [2.45, 2.75) is 60.3 Å². The minimum atomic E-state index is 0. The first-order chi connectivity index (χ1) is 16.3. The summed E-state index contributed by atoms with van der Waals surface area (Å²) < 4.78 is 4.73. The standard InChI is InChI=1S/C32H35N2.ClH/c1-20(2)27-11-9-12-28(21(3)4)32(27)33-18-26-15-14-25-10-8-13-29(31(25)34(26)19-33)30-23(6)16-22(5)17-24(30)7;/h8-21H,1-7H3;1H/q+1;/p-1. The van der Waals surface area contributed by atoms with Gasteiger partial charge < -0.3 is 12.4 Å². The summed E-state index contributed by atoms with van der Waals surface area (Å²) in [6, 6.07) is 22.6. The maximum absolute atomic E-state index is 2.38. The summed E-state index contributed by atoms with van der Waals surface area (Å²) in [6.07, 6.45) is 4.57. The highest BCUT2D eigenvalue weighted by Gasteiger charge is 2.23. The number of rotatable bonds is 4. The number of hydrogen-bond donors (Lipinski definition) is 0. The van der Waals surface area contributed by atoms with Crippen LogP contribution in [0.3, 0.4) is 0 Å². The Hall–Kier alpha value is -3.10. The van der Waals surface area contributed by atoms with Gasteiger partial charge in [-0.3, -0.25) is 0 Å². The van der Waals surface area contributed by atoms with Crippen molar-refractivity contribution in [2.24, 2.45) is 0 Å². The molecule has 2 aromatic heterocycles. The van der Waals surface area contributed by atoms with Crippen molar-refractivity contribution in [3.63, 3.8) is 0 Å². The summed E-state index contributed by atoms with van der Waals surface area (Å²) in [5, 5.41) is 1.26. The Balaban J connectivity index is 0.00000289. The van der Waals surface area contributed by atoms with Crippen molar-refractivity contribution >= 4 is 16.4 Å². The molecule has 0 N–H and O–H groups in total. The molecule has 0 unspecified atom stereocenters. The van der Waals surface area contributed by atoms with Crippen LogP contribution in [0.2, 0.25) is 0 Å². The Morgan fingerprint density at radius 2 is 1.34 bits per heavy atom. The van der Waals surface area contributed by atoms with Gasteiger partial charge in [0, 0.05) is 22.1 Å². The highest BCUT2D eigenvalue weighted by atomic mass is 35.5. The molecule has 0 aliphatic heterocycles. The molecule has 5 rings (SSSR count). The Kier molecular flexibility index (Phi) is 6.79. The van der Waals surface area contributed by atoms with Crippen LogP contribution in [-0.2, 0) is 0 Å². The largest absolute Gasteiger partial charge is 1.00 e. The molecule has 3 aromatic carbocycles. The molecule has 0 fully saturated rings. The van der Waals surface area contributed by atoms with Crippen LogP contribution in [0.15, 0.2) is 73.2 Å². The number of para-hydroxylation sites is 2. The zero-order valence-corrected chi connectivity index (χ0v) is 22.6. The van der Waals surface area contributed by atoms with Crippen molar-refractivity contribution in [3.8, 4) is 16.8 Å². The molecular formula is C32H35ClN2. The molecule has 0 saturated carbocycles. The Morgan fingerprint density at radius 1 is 0.743 bits per heavy atom. The Morgan fingerprint density at radius 3 is 1.94 bits per heavy atom. The van der Waals surface area contributed by atoms with E-state index in [1.54, 1.807) is 0 Å². The van der Waals surface area contributed by atoms with Crippen LogP contribution in [-0.4, -0.2) is 4.40 Å². The minimum absolute atomic E-state index is 0. The van der Waals surface area contributed by atoms with Gasteiger partial charge in [0.1, 0.15) is 17.4 Å². The number of fused-ring (bicyclic) bond motifs is 3. The van der Waals surface area contributed by atoms with E-state index >= 15 is 0 Å². The van der Waals surface area contributed by atoms with Gasteiger partial charge in [0.15, 0.2) is 5.52 Å². The van der Waals surface area contributed by atoms with Crippen LogP contribution >= 0.6 is 0 Å². The van der Waals surface area contributed by atoms with E-state index in [0.29, 0.717) is 11.8 Å². The van der Waals surface area contributed by atoms with Crippen LogP contribution < -0.4 is 17.0 Å². The summed E-state index contributed by atoms with van der Waals surface area (Å²) in [5.41, 5.74) is 13.2. The second-order valence-corrected chi connectivity index (χ2v) is 10.4. The lowest BCUT2D eigenvalue weighted by Gasteiger charge is -2.16. The van der Waals surface area contributed by atoms with Crippen molar-refractivity contribution in [1.82, 2.24) is 4.40 Å². The summed E-state index contributed by atoms with van der Waals surface area (Å²) in [5.74, 6) is 0.906. The first-order valence-electron chi connectivity index (χ1n) is 12.4. The highest BCUT2D eigenvalue weighted by molar-refractivity contribution is 5.97. The van der Waals surface area contributed by atoms with Gasteiger partial charge in [0.25, 0.3) is 6.33 Å². The maximum Gasteiger partial charge on any atom is 0.254 e. The predicted octanol–water partition coefficient (Wildman–Crippen LogP) is 5.21. The van der Waals surface area contributed by atoms with Gasteiger partial charge in [-0.2, -0.15) is 4.40 Å². The smallest absolute Gasteiger partial charge is 0.254 e. The van der Waals surface area contributed by atoms with Gasteiger partial charge >= 0.3 is 0 Å². The molecule has 0 spiro atoms. The molecule has 3 heteroatoms. The fourth-order valence-corrected chi connectivity index (χ4v) is 5.62. The van der Waals surface area contributed by atoms with Crippen molar-refractivity contribution in [2.75, 3.05) is 0 Å². The molecule has 0 saturated heterocycles. The van der Waals surface area contributed by atoms with E-state index in [0.717, 1.165) is 0 Å². The summed E-state index contributed by atoms with van der Waals surface area (Å²) >= 11 is 0. The number of imidazole rings is 1. The van der Waals surface area contributed by atoms with Crippen LogP contribution in [0.4, 0.5) is 0 Å². The molecule has 0 bridgehead atoms. The summed E-state index contributed by atoms with van der Waals surface area (Å²) in [6.45, 7) is 15.8. The SMILES string of the molecule is Cc1cc(C)c(-c2cccc3ccc4c[n+](-c5c(C(C)C)cccc5C(C)C)cn4c23)c(C)c1.[Cl-]. The molecule has 0 radical (unpaired) electrons. The quantitative estimate of drug-likeness (QED) is 0.311. The minimum Gasteiger partial charge on any atom is -1.00 e. The third-order valence-electron chi connectivity index (χ3n) is 7.08. The van der Waals surface area contributed by atoms with E-state index in [2.05, 4.69) is 131 Å². The zero-order valence-electron chi connectivity index (χ0n) is 21.9. The lowest BCUT2D eigenvalue weighted by atomic mass is 9.92. The van der Waals surface area contributed by atoms with Gasteiger partial charge in [-0.15, -0.1) is 0 Å². The average molecular weight is 483 g/mol. The lowest BCUT2D eigenvalue weighted by Crippen LogP contribution is -3.00. The lowest BCUT2D eigenvalue weighted by molar-refractivity contribution is -0.595. The fraction of sp³-hybridized carbons (Fsp3) is 0.281. The zero-order chi connectivity index (χ0) is 24.1. The predicted molar refractivity (Wildman–Crippen MR) is 144 cm³/mol. The second kappa shape index (κ2) is 9.51. The van der Waals surface area contributed by atoms with Gasteiger partial charge in [-0.05, 0) is 61.4 Å². The molecule has 0 amide bonds. The van der Waals surface area contributed by atoms with E-state index in [9.17, 15) is 0 Å². The number of halogens is 1. The molecule has 0 aliphatic carbocycles. The number of aromatic nitrogens is 2. The number of benzene rings is 3. The Labute approximate surface area is 215 Å². The number of hydrogen-bond acceptors (Lipinski definition) is 0. The molecule has 180 valence electrons. The third kappa shape index (κ3) is 4.25. The maximum atomic E-state index is 2.38. The average Bonchev–Trinajstić information content (AvgIpc) is 3.22. The van der Waals surface area contributed by atoms with E-state index in [4.69, 9.17) is 0 Å². The fourth-order valence-electron chi connectivity index (χ4n) is 5.62. The first-order valence-corrected chi connectivity index (χ1v) is 12.4. The van der Waals surface area contributed by atoms with Crippen molar-refractivity contribution < 1.29 is 17.0 Å². The number of pyridine rings is 1. The molecule has 5 aromatic rings. The normalized spacial score (nSPS) is 11.6. The van der Waals surface area contributed by atoms with Gasteiger partial charge in [-0.25, -0.2) is 4.57 Å². The van der Waals surface area contributed by atoms with Crippen LogP contribution in [0.25, 0.3) is 33.2 Å². The van der Waals surface area contributed by atoms with Crippen LogP contribution in [0.5, 0.6) is 0 Å². The van der Waals surface area contributed by atoms with Crippen LogP contribution in [0, 0.1) is 20.8 Å². The molecule has 35 heavy (non-hydrogen) atoms. The van der Waals surface area contributed by atoms with E-state index in [1.165, 1.54) is 61.1 Å². The van der Waals surface area contributed by atoms with Crippen molar-refractivity contribution in [1.29, 1.82) is 0 Å². The number of aryl methyl sites for hydroxylation is 3. The summed E-state index contributed by atoms with van der Waals surface area (Å²) in [7, 11) is 0. The van der Waals surface area contributed by atoms with Gasteiger partial charge in [0.2, 0.25) is 0 Å². The van der Waals surface area contributed by atoms with Crippen molar-refractivity contribution in [3.05, 3.63) is 101 Å². The Bertz CT molecular complexity index is 1490. The number of nitrogens with zero attached hydrogens (tertiary/aromatic N) is 2. The summed E-state index contributed by atoms with van der Waals surface area (Å²) in [4.78, 5) is 0. The molecule has 0 aliphatic rings. The van der Waals surface area contributed by atoms with E-state index < -0.39 is 0 Å². The molecule has 2 heterocycles. The van der Waals surface area contributed by atoms with E-state index in [-0.39, 0.29) is 12.4 Å². The third-order valence-corrected chi connectivity index (χ3v) is 7.08. The molecule has 0 atom stereocenters. The van der Waals surface area contributed by atoms with Gasteiger partial charge in [0.05, 0.1) is 0 Å².